The Kier molecular flexibility index (Phi) is 3.74. The van der Waals surface area contributed by atoms with Gasteiger partial charge >= 0.3 is 0 Å². The Morgan fingerprint density at radius 3 is 2.67 bits per heavy atom. The van der Waals surface area contributed by atoms with E-state index in [4.69, 9.17) is 33.7 Å². The van der Waals surface area contributed by atoms with Gasteiger partial charge in [0.25, 0.3) is 0 Å². The van der Waals surface area contributed by atoms with Gasteiger partial charge in [-0.3, -0.25) is 0 Å². The van der Waals surface area contributed by atoms with Crippen molar-refractivity contribution >= 4 is 40.5 Å². The summed E-state index contributed by atoms with van der Waals surface area (Å²) in [6.45, 7) is 0. The van der Waals surface area contributed by atoms with Crippen LogP contribution in [-0.2, 0) is 0 Å². The van der Waals surface area contributed by atoms with Gasteiger partial charge in [-0.1, -0.05) is 23.2 Å². The highest BCUT2D eigenvalue weighted by Gasteiger charge is 2.10. The SMILES string of the molecule is COc1c(N)ncnc1Nc1ccc(Cl)c(Cl)c1. The molecule has 18 heavy (non-hydrogen) atoms. The molecule has 1 aromatic heterocycles. The Hall–Kier alpha value is -1.72. The monoisotopic (exact) mass is 284 g/mol. The number of hydrogen-bond donors (Lipinski definition) is 2. The summed E-state index contributed by atoms with van der Waals surface area (Å²) in [5.41, 5.74) is 6.40. The molecule has 1 heterocycles. The maximum Gasteiger partial charge on any atom is 0.204 e. The lowest BCUT2D eigenvalue weighted by Gasteiger charge is -2.11. The quantitative estimate of drug-likeness (QED) is 0.906. The molecule has 0 saturated heterocycles. The van der Waals surface area contributed by atoms with Crippen LogP contribution in [0.25, 0.3) is 0 Å². The van der Waals surface area contributed by atoms with Crippen molar-refractivity contribution in [2.75, 3.05) is 18.2 Å². The van der Waals surface area contributed by atoms with Crippen molar-refractivity contribution in [3.8, 4) is 5.75 Å². The largest absolute Gasteiger partial charge is 0.490 e. The zero-order valence-corrected chi connectivity index (χ0v) is 11.0. The summed E-state index contributed by atoms with van der Waals surface area (Å²) in [4.78, 5) is 7.89. The summed E-state index contributed by atoms with van der Waals surface area (Å²) >= 11 is 11.8. The number of anilines is 3. The van der Waals surface area contributed by atoms with Gasteiger partial charge in [0, 0.05) is 5.69 Å². The molecule has 0 radical (unpaired) electrons. The van der Waals surface area contributed by atoms with Gasteiger partial charge in [0.2, 0.25) is 5.75 Å². The van der Waals surface area contributed by atoms with Crippen molar-refractivity contribution in [3.05, 3.63) is 34.6 Å². The minimum Gasteiger partial charge on any atom is -0.490 e. The molecule has 2 rings (SSSR count). The van der Waals surface area contributed by atoms with E-state index in [1.807, 2.05) is 0 Å². The van der Waals surface area contributed by atoms with Crippen molar-refractivity contribution in [1.29, 1.82) is 0 Å². The Labute approximate surface area is 114 Å². The minimum atomic E-state index is 0.259. The first-order valence-electron chi connectivity index (χ1n) is 4.98. The van der Waals surface area contributed by atoms with Gasteiger partial charge in [0.05, 0.1) is 17.2 Å². The third kappa shape index (κ3) is 2.57. The lowest BCUT2D eigenvalue weighted by Crippen LogP contribution is -2.02. The number of hydrogen-bond acceptors (Lipinski definition) is 5. The number of benzene rings is 1. The molecule has 7 heteroatoms. The first-order chi connectivity index (χ1) is 8.61. The predicted molar refractivity (Wildman–Crippen MR) is 72.7 cm³/mol. The normalized spacial score (nSPS) is 10.2. The van der Waals surface area contributed by atoms with E-state index in [1.54, 1.807) is 18.2 Å². The van der Waals surface area contributed by atoms with Crippen molar-refractivity contribution < 1.29 is 4.74 Å². The van der Waals surface area contributed by atoms with E-state index >= 15 is 0 Å². The van der Waals surface area contributed by atoms with E-state index in [9.17, 15) is 0 Å². The van der Waals surface area contributed by atoms with Crippen LogP contribution in [0.4, 0.5) is 17.3 Å². The first-order valence-corrected chi connectivity index (χ1v) is 5.74. The Morgan fingerprint density at radius 1 is 1.22 bits per heavy atom. The van der Waals surface area contributed by atoms with E-state index < -0.39 is 0 Å². The zero-order valence-electron chi connectivity index (χ0n) is 9.45. The molecule has 0 spiro atoms. The molecule has 0 aliphatic rings. The molecule has 94 valence electrons. The highest BCUT2D eigenvalue weighted by atomic mass is 35.5. The lowest BCUT2D eigenvalue weighted by atomic mass is 10.3. The van der Waals surface area contributed by atoms with Crippen LogP contribution >= 0.6 is 23.2 Å². The van der Waals surface area contributed by atoms with E-state index in [-0.39, 0.29) is 5.82 Å². The number of rotatable bonds is 3. The van der Waals surface area contributed by atoms with Crippen molar-refractivity contribution in [3.63, 3.8) is 0 Å². The lowest BCUT2D eigenvalue weighted by molar-refractivity contribution is 0.415. The Morgan fingerprint density at radius 2 is 2.00 bits per heavy atom. The van der Waals surface area contributed by atoms with Crippen LogP contribution in [0.15, 0.2) is 24.5 Å². The number of halogens is 2. The zero-order chi connectivity index (χ0) is 13.1. The number of nitrogens with one attached hydrogen (secondary N) is 1. The molecular weight excluding hydrogens is 275 g/mol. The smallest absolute Gasteiger partial charge is 0.204 e. The third-order valence-electron chi connectivity index (χ3n) is 2.22. The molecule has 2 aromatic rings. The number of nitrogen functional groups attached to an aromatic ring is 1. The number of nitrogens with zero attached hydrogens (tertiary/aromatic N) is 2. The highest BCUT2D eigenvalue weighted by molar-refractivity contribution is 6.42. The molecule has 3 N–H and O–H groups in total. The molecule has 1 aromatic carbocycles. The summed E-state index contributed by atoms with van der Waals surface area (Å²) < 4.78 is 5.13. The van der Waals surface area contributed by atoms with Crippen molar-refractivity contribution in [2.24, 2.45) is 0 Å². The average Bonchev–Trinajstić information content (AvgIpc) is 2.34. The van der Waals surface area contributed by atoms with Gasteiger partial charge in [-0.05, 0) is 18.2 Å². The summed E-state index contributed by atoms with van der Waals surface area (Å²) in [5.74, 6) is 1.10. The van der Waals surface area contributed by atoms with Crippen LogP contribution in [0.3, 0.4) is 0 Å². The predicted octanol–water partition coefficient (Wildman–Crippen LogP) is 3.12. The molecule has 0 bridgehead atoms. The second-order valence-electron chi connectivity index (χ2n) is 3.39. The first kappa shape index (κ1) is 12.7. The number of ether oxygens (including phenoxy) is 1. The van der Waals surface area contributed by atoms with Crippen LogP contribution in [0.1, 0.15) is 0 Å². The fourth-order valence-corrected chi connectivity index (χ4v) is 1.69. The molecule has 0 saturated carbocycles. The van der Waals surface area contributed by atoms with Gasteiger partial charge < -0.3 is 15.8 Å². The molecule has 0 atom stereocenters. The number of aromatic nitrogens is 2. The fraction of sp³-hybridized carbons (Fsp3) is 0.0909. The van der Waals surface area contributed by atoms with Crippen molar-refractivity contribution in [2.45, 2.75) is 0 Å². The van der Waals surface area contributed by atoms with Gasteiger partial charge in [-0.15, -0.1) is 0 Å². The highest BCUT2D eigenvalue weighted by Crippen LogP contribution is 2.31. The topological polar surface area (TPSA) is 73.1 Å². The second-order valence-corrected chi connectivity index (χ2v) is 4.21. The van der Waals surface area contributed by atoms with Crippen molar-refractivity contribution in [1.82, 2.24) is 9.97 Å². The van der Waals surface area contributed by atoms with Gasteiger partial charge in [0.15, 0.2) is 11.6 Å². The molecule has 0 aliphatic carbocycles. The van der Waals surface area contributed by atoms with Gasteiger partial charge in [0.1, 0.15) is 6.33 Å². The van der Waals surface area contributed by atoms with Crippen LogP contribution in [0, 0.1) is 0 Å². The van der Waals surface area contributed by atoms with Gasteiger partial charge in [-0.2, -0.15) is 0 Å². The Balaban J connectivity index is 2.34. The second kappa shape index (κ2) is 5.29. The number of nitrogens with two attached hydrogens (primary N) is 1. The third-order valence-corrected chi connectivity index (χ3v) is 2.96. The summed E-state index contributed by atoms with van der Waals surface area (Å²) in [6, 6.07) is 5.14. The maximum absolute atomic E-state index is 5.92. The molecular formula is C11H10Cl2N4O. The molecule has 0 unspecified atom stereocenters. The molecule has 0 fully saturated rings. The van der Waals surface area contributed by atoms with Crippen LogP contribution < -0.4 is 15.8 Å². The molecule has 0 amide bonds. The minimum absolute atomic E-state index is 0.259. The van der Waals surface area contributed by atoms with Crippen LogP contribution in [-0.4, -0.2) is 17.1 Å². The maximum atomic E-state index is 5.92. The summed E-state index contributed by atoms with van der Waals surface area (Å²) in [7, 11) is 1.50. The van der Waals surface area contributed by atoms with E-state index in [0.717, 1.165) is 5.69 Å². The fourth-order valence-electron chi connectivity index (χ4n) is 1.39. The summed E-state index contributed by atoms with van der Waals surface area (Å²) in [5, 5.41) is 3.96. The standard InChI is InChI=1S/C11H10Cl2N4O/c1-18-9-10(14)15-5-16-11(9)17-6-2-3-7(12)8(13)4-6/h2-5H,1H3,(H3,14,15,16,17). The van der Waals surface area contributed by atoms with E-state index in [1.165, 1.54) is 13.4 Å². The summed E-state index contributed by atoms with van der Waals surface area (Å²) in [6.07, 6.45) is 1.34. The number of methoxy groups -OCH3 is 1. The Bertz CT molecular complexity index is 577. The van der Waals surface area contributed by atoms with Crippen LogP contribution in [0.5, 0.6) is 5.75 Å². The van der Waals surface area contributed by atoms with Crippen LogP contribution in [0.2, 0.25) is 10.0 Å². The van der Waals surface area contributed by atoms with E-state index in [0.29, 0.717) is 21.6 Å². The van der Waals surface area contributed by atoms with Gasteiger partial charge in [-0.25, -0.2) is 9.97 Å². The molecule has 5 nitrogen and oxygen atoms in total. The molecule has 0 aliphatic heterocycles. The van der Waals surface area contributed by atoms with E-state index in [2.05, 4.69) is 15.3 Å². The average molecular weight is 285 g/mol.